The number of benzene rings is 2. The van der Waals surface area contributed by atoms with E-state index in [1.807, 2.05) is 12.1 Å². The van der Waals surface area contributed by atoms with Crippen LogP contribution in [0, 0.1) is 0 Å². The number of alkyl halides is 3. The zero-order valence-electron chi connectivity index (χ0n) is 15.0. The summed E-state index contributed by atoms with van der Waals surface area (Å²) in [5.74, 6) is 0. The van der Waals surface area contributed by atoms with Gasteiger partial charge in [-0.1, -0.05) is 49.7 Å². The summed E-state index contributed by atoms with van der Waals surface area (Å²) in [6.45, 7) is 6.33. The highest BCUT2D eigenvalue weighted by Crippen LogP contribution is 2.32. The molecule has 0 unspecified atom stereocenters. The largest absolute Gasteiger partial charge is 0.416 e. The Morgan fingerprint density at radius 1 is 0.923 bits per heavy atom. The van der Waals surface area contributed by atoms with Gasteiger partial charge in [-0.05, 0) is 35.2 Å². The van der Waals surface area contributed by atoms with Crippen molar-refractivity contribution in [2.75, 3.05) is 26.2 Å². The highest BCUT2D eigenvalue weighted by molar-refractivity contribution is 5.64. The van der Waals surface area contributed by atoms with Crippen molar-refractivity contribution in [3.63, 3.8) is 0 Å². The number of piperazine rings is 1. The van der Waals surface area contributed by atoms with E-state index in [1.165, 1.54) is 17.7 Å². The van der Waals surface area contributed by atoms with Crippen molar-refractivity contribution in [3.05, 3.63) is 59.7 Å². The Morgan fingerprint density at radius 3 is 1.96 bits per heavy atom. The molecule has 2 aromatic carbocycles. The Hall–Kier alpha value is -1.85. The quantitative estimate of drug-likeness (QED) is 0.794. The van der Waals surface area contributed by atoms with Crippen molar-refractivity contribution in [1.29, 1.82) is 0 Å². The predicted octanol–water partition coefficient (Wildman–Crippen LogP) is 5.12. The second-order valence-electron chi connectivity index (χ2n) is 6.79. The lowest BCUT2D eigenvalue weighted by atomic mass is 9.96. The summed E-state index contributed by atoms with van der Waals surface area (Å²) in [6, 6.07) is 14.0. The third-order valence-electron chi connectivity index (χ3n) is 5.00. The fourth-order valence-electron chi connectivity index (χ4n) is 3.58. The van der Waals surface area contributed by atoms with Crippen LogP contribution in [-0.2, 0) is 6.18 Å². The highest BCUT2D eigenvalue weighted by Gasteiger charge is 2.30. The van der Waals surface area contributed by atoms with Crippen molar-refractivity contribution in [1.82, 2.24) is 10.2 Å². The molecule has 140 valence electrons. The van der Waals surface area contributed by atoms with E-state index < -0.39 is 11.7 Å². The molecule has 3 rings (SSSR count). The molecule has 1 fully saturated rings. The SMILES string of the molecule is CCC[C@@H](c1ccc(-c2ccc(C(F)(F)F)cc2)cc1)N1CCNCC1. The normalized spacial score (nSPS) is 17.2. The van der Waals surface area contributed by atoms with Gasteiger partial charge in [-0.25, -0.2) is 0 Å². The fourth-order valence-corrected chi connectivity index (χ4v) is 3.58. The van der Waals surface area contributed by atoms with Crippen LogP contribution in [0.15, 0.2) is 48.5 Å². The maximum atomic E-state index is 12.7. The van der Waals surface area contributed by atoms with Crippen LogP contribution in [0.25, 0.3) is 11.1 Å². The van der Waals surface area contributed by atoms with Gasteiger partial charge >= 0.3 is 6.18 Å². The van der Waals surface area contributed by atoms with Gasteiger partial charge < -0.3 is 5.32 Å². The van der Waals surface area contributed by atoms with Gasteiger partial charge in [-0.3, -0.25) is 4.90 Å². The molecular weight excluding hydrogens is 337 g/mol. The molecule has 1 saturated heterocycles. The first-order chi connectivity index (χ1) is 12.5. The average Bonchev–Trinajstić information content (AvgIpc) is 2.66. The highest BCUT2D eigenvalue weighted by atomic mass is 19.4. The van der Waals surface area contributed by atoms with Gasteiger partial charge in [0, 0.05) is 32.2 Å². The van der Waals surface area contributed by atoms with E-state index in [1.54, 1.807) is 0 Å². The first-order valence-electron chi connectivity index (χ1n) is 9.21. The number of hydrogen-bond donors (Lipinski definition) is 1. The number of rotatable bonds is 5. The van der Waals surface area contributed by atoms with E-state index in [2.05, 4.69) is 29.3 Å². The minimum Gasteiger partial charge on any atom is -0.314 e. The molecule has 0 aliphatic carbocycles. The Balaban J connectivity index is 1.78. The lowest BCUT2D eigenvalue weighted by Crippen LogP contribution is -2.45. The molecule has 0 spiro atoms. The molecule has 1 heterocycles. The van der Waals surface area contributed by atoms with Crippen LogP contribution in [0.4, 0.5) is 13.2 Å². The van der Waals surface area contributed by atoms with Gasteiger partial charge in [0.25, 0.3) is 0 Å². The van der Waals surface area contributed by atoms with Crippen LogP contribution in [-0.4, -0.2) is 31.1 Å². The average molecular weight is 362 g/mol. The Bertz CT molecular complexity index is 687. The molecule has 0 radical (unpaired) electrons. The van der Waals surface area contributed by atoms with Crippen LogP contribution in [0.5, 0.6) is 0 Å². The maximum Gasteiger partial charge on any atom is 0.416 e. The van der Waals surface area contributed by atoms with E-state index in [0.29, 0.717) is 6.04 Å². The minimum atomic E-state index is -4.29. The summed E-state index contributed by atoms with van der Waals surface area (Å²) in [5.41, 5.74) is 2.42. The van der Waals surface area contributed by atoms with Crippen molar-refractivity contribution in [2.45, 2.75) is 32.0 Å². The molecule has 0 aromatic heterocycles. The Morgan fingerprint density at radius 2 is 1.46 bits per heavy atom. The van der Waals surface area contributed by atoms with Crippen LogP contribution in [0.1, 0.15) is 36.9 Å². The van der Waals surface area contributed by atoms with Crippen molar-refractivity contribution < 1.29 is 13.2 Å². The van der Waals surface area contributed by atoms with Gasteiger partial charge in [-0.15, -0.1) is 0 Å². The van der Waals surface area contributed by atoms with Gasteiger partial charge in [0.15, 0.2) is 0 Å². The van der Waals surface area contributed by atoms with Gasteiger partial charge in [0.05, 0.1) is 5.56 Å². The second-order valence-corrected chi connectivity index (χ2v) is 6.79. The first kappa shape index (κ1) is 18.9. The van der Waals surface area contributed by atoms with Crippen molar-refractivity contribution in [2.24, 2.45) is 0 Å². The molecule has 2 nitrogen and oxygen atoms in total. The summed E-state index contributed by atoms with van der Waals surface area (Å²) in [6.07, 6.45) is -2.06. The van der Waals surface area contributed by atoms with Gasteiger partial charge in [0.2, 0.25) is 0 Å². The zero-order chi connectivity index (χ0) is 18.6. The molecule has 0 saturated carbocycles. The molecule has 1 aliphatic heterocycles. The molecule has 0 amide bonds. The first-order valence-corrected chi connectivity index (χ1v) is 9.21. The summed E-state index contributed by atoms with van der Waals surface area (Å²) >= 11 is 0. The van der Waals surface area contributed by atoms with Crippen molar-refractivity contribution in [3.8, 4) is 11.1 Å². The van der Waals surface area contributed by atoms with E-state index in [4.69, 9.17) is 0 Å². The molecule has 5 heteroatoms. The van der Waals surface area contributed by atoms with Gasteiger partial charge in [0.1, 0.15) is 0 Å². The van der Waals surface area contributed by atoms with E-state index in [-0.39, 0.29) is 0 Å². The number of nitrogens with one attached hydrogen (secondary N) is 1. The van der Waals surface area contributed by atoms with E-state index in [0.717, 1.165) is 62.3 Å². The Kier molecular flexibility index (Phi) is 5.99. The predicted molar refractivity (Wildman–Crippen MR) is 99.0 cm³/mol. The molecule has 26 heavy (non-hydrogen) atoms. The molecular formula is C21H25F3N2. The fraction of sp³-hybridized carbons (Fsp3) is 0.429. The third kappa shape index (κ3) is 4.46. The standard InChI is InChI=1S/C21H25F3N2/c1-2-3-20(26-14-12-25-13-15-26)18-6-4-16(5-7-18)17-8-10-19(11-9-17)21(22,23)24/h4-11,20,25H,2-3,12-15H2,1H3/t20-/m0/s1. The second kappa shape index (κ2) is 8.23. The number of halogens is 3. The van der Waals surface area contributed by atoms with Crippen molar-refractivity contribution >= 4 is 0 Å². The number of nitrogens with zero attached hydrogens (tertiary/aromatic N) is 1. The lowest BCUT2D eigenvalue weighted by Gasteiger charge is -2.35. The summed E-state index contributed by atoms with van der Waals surface area (Å²) in [5, 5.41) is 3.39. The molecule has 2 aromatic rings. The molecule has 1 N–H and O–H groups in total. The van der Waals surface area contributed by atoms with E-state index in [9.17, 15) is 13.2 Å². The maximum absolute atomic E-state index is 12.7. The lowest BCUT2D eigenvalue weighted by molar-refractivity contribution is -0.137. The Labute approximate surface area is 153 Å². The van der Waals surface area contributed by atoms with Crippen LogP contribution in [0.2, 0.25) is 0 Å². The monoisotopic (exact) mass is 362 g/mol. The summed E-state index contributed by atoms with van der Waals surface area (Å²) < 4.78 is 38.1. The summed E-state index contributed by atoms with van der Waals surface area (Å²) in [4.78, 5) is 2.52. The zero-order valence-corrected chi connectivity index (χ0v) is 15.0. The topological polar surface area (TPSA) is 15.3 Å². The van der Waals surface area contributed by atoms with E-state index >= 15 is 0 Å². The van der Waals surface area contributed by atoms with Crippen LogP contribution in [0.3, 0.4) is 0 Å². The molecule has 1 atom stereocenters. The molecule has 1 aliphatic rings. The summed E-state index contributed by atoms with van der Waals surface area (Å²) in [7, 11) is 0. The van der Waals surface area contributed by atoms with Crippen LogP contribution >= 0.6 is 0 Å². The smallest absolute Gasteiger partial charge is 0.314 e. The third-order valence-corrected chi connectivity index (χ3v) is 5.00. The molecule has 0 bridgehead atoms. The minimum absolute atomic E-state index is 0.406. The number of hydrogen-bond acceptors (Lipinski definition) is 2. The van der Waals surface area contributed by atoms with Crippen LogP contribution < -0.4 is 5.32 Å². The van der Waals surface area contributed by atoms with Gasteiger partial charge in [-0.2, -0.15) is 13.2 Å².